The Kier molecular flexibility index (Phi) is 6.85. The van der Waals surface area contributed by atoms with Gasteiger partial charge in [-0.25, -0.2) is 17.9 Å². The first kappa shape index (κ1) is 23.4. The second-order valence-electron chi connectivity index (χ2n) is 8.50. The molecule has 2 aliphatic heterocycles. The van der Waals surface area contributed by atoms with Crippen LogP contribution in [0.15, 0.2) is 30.0 Å². The van der Waals surface area contributed by atoms with Crippen LogP contribution in [-0.4, -0.2) is 51.9 Å². The fourth-order valence-corrected chi connectivity index (χ4v) is 4.59. The highest BCUT2D eigenvalue weighted by molar-refractivity contribution is 7.80. The Labute approximate surface area is 195 Å². The van der Waals surface area contributed by atoms with Crippen LogP contribution in [0.3, 0.4) is 0 Å². The van der Waals surface area contributed by atoms with Crippen molar-refractivity contribution in [2.75, 3.05) is 31.2 Å². The highest BCUT2D eigenvalue weighted by Gasteiger charge is 2.29. The molecule has 1 aromatic heterocycles. The van der Waals surface area contributed by atoms with Crippen LogP contribution in [-0.2, 0) is 22.5 Å². The highest BCUT2D eigenvalue weighted by atomic mass is 32.1. The molecule has 1 fully saturated rings. The minimum atomic E-state index is -1.20. The molecule has 2 aliphatic rings. The van der Waals surface area contributed by atoms with E-state index in [0.29, 0.717) is 55.9 Å². The third-order valence-corrected chi connectivity index (χ3v) is 6.10. The van der Waals surface area contributed by atoms with Crippen molar-refractivity contribution in [3.63, 3.8) is 0 Å². The molecule has 10 heteroatoms. The van der Waals surface area contributed by atoms with Gasteiger partial charge >= 0.3 is 0 Å². The molecule has 0 unspecified atom stereocenters. The number of aryl methyl sites for hydroxylation is 1. The van der Waals surface area contributed by atoms with Crippen molar-refractivity contribution in [1.82, 2.24) is 14.7 Å². The van der Waals surface area contributed by atoms with Gasteiger partial charge in [0.15, 0.2) is 11.6 Å². The Morgan fingerprint density at radius 1 is 1.21 bits per heavy atom. The Bertz CT molecular complexity index is 1110. The molecule has 0 aliphatic carbocycles. The average Bonchev–Trinajstić information content (AvgIpc) is 3.16. The minimum absolute atomic E-state index is 0.0268. The number of nitrogens with zero attached hydrogens (tertiary/aromatic N) is 4. The van der Waals surface area contributed by atoms with E-state index in [1.54, 1.807) is 20.7 Å². The number of ether oxygens (including phenoxy) is 1. The summed E-state index contributed by atoms with van der Waals surface area (Å²) in [4.78, 5) is 17.1. The Morgan fingerprint density at radius 2 is 1.94 bits per heavy atom. The van der Waals surface area contributed by atoms with Gasteiger partial charge in [-0.15, -0.1) is 0 Å². The summed E-state index contributed by atoms with van der Waals surface area (Å²) in [5.74, 6) is -2.60. The molecule has 0 radical (unpaired) electrons. The number of amides is 1. The summed E-state index contributed by atoms with van der Waals surface area (Å²) in [5.41, 5.74) is 1.32. The zero-order chi connectivity index (χ0) is 23.7. The molecule has 176 valence electrons. The van der Waals surface area contributed by atoms with Crippen LogP contribution in [0.4, 0.5) is 19.0 Å². The van der Waals surface area contributed by atoms with Gasteiger partial charge in [0.05, 0.1) is 36.0 Å². The largest absolute Gasteiger partial charge is 0.378 e. The molecule has 6 nitrogen and oxygen atoms in total. The maximum absolute atomic E-state index is 14.1. The van der Waals surface area contributed by atoms with E-state index in [0.717, 1.165) is 17.6 Å². The lowest BCUT2D eigenvalue weighted by Crippen LogP contribution is -2.43. The van der Waals surface area contributed by atoms with Crippen molar-refractivity contribution < 1.29 is 22.7 Å². The van der Waals surface area contributed by atoms with Crippen molar-refractivity contribution in [2.45, 2.75) is 33.2 Å². The number of fused-ring (bicyclic) bond motifs is 1. The summed E-state index contributed by atoms with van der Waals surface area (Å²) >= 11 is 5.69. The van der Waals surface area contributed by atoms with Crippen molar-refractivity contribution >= 4 is 28.9 Å². The summed E-state index contributed by atoms with van der Waals surface area (Å²) in [5, 5.41) is 4.49. The predicted molar refractivity (Wildman–Crippen MR) is 121 cm³/mol. The van der Waals surface area contributed by atoms with Crippen LogP contribution in [0.5, 0.6) is 0 Å². The predicted octanol–water partition coefficient (Wildman–Crippen LogP) is 3.77. The molecule has 1 atom stereocenters. The Balaban J connectivity index is 1.53. The molecule has 4 rings (SSSR count). The first-order chi connectivity index (χ1) is 15.7. The second-order valence-corrected chi connectivity index (χ2v) is 8.97. The number of benzene rings is 1. The van der Waals surface area contributed by atoms with Crippen molar-refractivity contribution in [3.05, 3.63) is 58.7 Å². The van der Waals surface area contributed by atoms with E-state index in [-0.39, 0.29) is 23.8 Å². The first-order valence-corrected chi connectivity index (χ1v) is 11.2. The van der Waals surface area contributed by atoms with Crippen molar-refractivity contribution in [2.24, 2.45) is 5.92 Å². The lowest BCUT2D eigenvalue weighted by Gasteiger charge is -2.32. The monoisotopic (exact) mass is 478 g/mol. The van der Waals surface area contributed by atoms with Crippen LogP contribution in [0, 0.1) is 30.3 Å². The number of thiocarbonyl (C=S) groups is 1. The Morgan fingerprint density at radius 3 is 2.67 bits per heavy atom. The molecule has 33 heavy (non-hydrogen) atoms. The number of aromatic nitrogens is 2. The van der Waals surface area contributed by atoms with E-state index in [2.05, 4.69) is 5.10 Å². The molecule has 0 spiro atoms. The molecule has 1 amide bonds. The van der Waals surface area contributed by atoms with Gasteiger partial charge in [0, 0.05) is 37.8 Å². The van der Waals surface area contributed by atoms with E-state index >= 15 is 0 Å². The van der Waals surface area contributed by atoms with Gasteiger partial charge in [-0.2, -0.15) is 5.10 Å². The van der Waals surface area contributed by atoms with Crippen LogP contribution in [0.2, 0.25) is 0 Å². The topological polar surface area (TPSA) is 50.6 Å². The standard InChI is InChI=1S/C23H25F3N4O2S/c1-14(7-16-10-18(24)11-19(25)22(16)26)8-21(33)29-12-17(13-30-20(29)9-15(2)27-30)23(31)28-3-5-32-6-4-28/h9-12,14H,3-8,13H2,1-2H3/t14-/m1/s1. The van der Waals surface area contributed by atoms with Crippen LogP contribution < -0.4 is 4.90 Å². The highest BCUT2D eigenvalue weighted by Crippen LogP contribution is 2.28. The van der Waals surface area contributed by atoms with Gasteiger partial charge in [-0.1, -0.05) is 19.1 Å². The lowest BCUT2D eigenvalue weighted by molar-refractivity contribution is -0.131. The van der Waals surface area contributed by atoms with E-state index in [1.807, 2.05) is 19.9 Å². The third-order valence-electron chi connectivity index (χ3n) is 5.73. The van der Waals surface area contributed by atoms with Gasteiger partial charge in [-0.3, -0.25) is 9.69 Å². The molecule has 0 saturated carbocycles. The number of hydrogen-bond acceptors (Lipinski definition) is 4. The molecule has 1 aromatic carbocycles. The SMILES string of the molecule is Cc1cc2n(n1)CC(C(=O)N1CCOCC1)=CN2C(=S)C[C@H](C)Cc1cc(F)cc(F)c1F. The van der Waals surface area contributed by atoms with Gasteiger partial charge in [-0.05, 0) is 30.9 Å². The second kappa shape index (κ2) is 9.64. The minimum Gasteiger partial charge on any atom is -0.378 e. The summed E-state index contributed by atoms with van der Waals surface area (Å²) in [6, 6.07) is 3.42. The molecular formula is C23H25F3N4O2S. The van der Waals surface area contributed by atoms with Crippen LogP contribution >= 0.6 is 12.2 Å². The lowest BCUT2D eigenvalue weighted by atomic mass is 9.97. The summed E-state index contributed by atoms with van der Waals surface area (Å²) < 4.78 is 48.3. The number of rotatable bonds is 5. The van der Waals surface area contributed by atoms with Gasteiger partial charge in [0.2, 0.25) is 0 Å². The van der Waals surface area contributed by atoms with E-state index in [4.69, 9.17) is 17.0 Å². The van der Waals surface area contributed by atoms with Crippen molar-refractivity contribution in [3.8, 4) is 0 Å². The van der Waals surface area contributed by atoms with E-state index < -0.39 is 17.5 Å². The van der Waals surface area contributed by atoms with E-state index in [1.165, 1.54) is 0 Å². The number of morpholine rings is 1. The zero-order valence-electron chi connectivity index (χ0n) is 18.5. The maximum atomic E-state index is 14.1. The molecule has 1 saturated heterocycles. The van der Waals surface area contributed by atoms with Gasteiger partial charge < -0.3 is 9.64 Å². The average molecular weight is 479 g/mol. The first-order valence-electron chi connectivity index (χ1n) is 10.8. The van der Waals surface area contributed by atoms with Gasteiger partial charge in [0.1, 0.15) is 11.6 Å². The number of carbonyl (C=O) groups excluding carboxylic acids is 1. The number of carbonyl (C=O) groups is 1. The molecule has 0 N–H and O–H groups in total. The molecule has 2 aromatic rings. The fourth-order valence-electron chi connectivity index (χ4n) is 4.16. The third kappa shape index (κ3) is 5.11. The number of halogens is 3. The van der Waals surface area contributed by atoms with Gasteiger partial charge in [0.25, 0.3) is 5.91 Å². The summed E-state index contributed by atoms with van der Waals surface area (Å²) in [6.07, 6.45) is 2.22. The van der Waals surface area contributed by atoms with Crippen LogP contribution in [0.25, 0.3) is 0 Å². The smallest absolute Gasteiger partial charge is 0.253 e. The summed E-state index contributed by atoms with van der Waals surface area (Å²) in [6.45, 7) is 6.09. The fraction of sp³-hybridized carbons (Fsp3) is 0.435. The van der Waals surface area contributed by atoms with E-state index in [9.17, 15) is 18.0 Å². The molecular weight excluding hydrogens is 453 g/mol. The molecule has 0 bridgehead atoms. The molecule has 3 heterocycles. The zero-order valence-corrected chi connectivity index (χ0v) is 19.3. The Hall–Kier alpha value is -2.72. The van der Waals surface area contributed by atoms with Crippen molar-refractivity contribution in [1.29, 1.82) is 0 Å². The number of anilines is 1. The normalized spacial score (nSPS) is 16.9. The summed E-state index contributed by atoms with van der Waals surface area (Å²) in [7, 11) is 0. The number of hydrogen-bond donors (Lipinski definition) is 0. The quantitative estimate of drug-likeness (QED) is 0.484. The van der Waals surface area contributed by atoms with Crippen LogP contribution in [0.1, 0.15) is 24.6 Å². The maximum Gasteiger partial charge on any atom is 0.253 e.